The fourth-order valence-electron chi connectivity index (χ4n) is 1.89. The largest absolute Gasteiger partial charge is 0.324 e. The molecule has 0 aromatic heterocycles. The summed E-state index contributed by atoms with van der Waals surface area (Å²) in [7, 11) is 0. The topological polar surface area (TPSA) is 26.0 Å². The van der Waals surface area contributed by atoms with Crippen LogP contribution < -0.4 is 5.73 Å². The predicted molar refractivity (Wildman–Crippen MR) is 76.1 cm³/mol. The Kier molecular flexibility index (Phi) is 4.55. The molecule has 0 heterocycles. The molecule has 0 saturated heterocycles. The molecule has 0 aliphatic rings. The van der Waals surface area contributed by atoms with Gasteiger partial charge in [0.25, 0.3) is 0 Å². The van der Waals surface area contributed by atoms with Gasteiger partial charge in [0, 0.05) is 21.6 Å². The molecule has 19 heavy (non-hydrogen) atoms. The fourth-order valence-corrected chi connectivity index (χ4v) is 2.71. The van der Waals surface area contributed by atoms with E-state index < -0.39 is 17.7 Å². The van der Waals surface area contributed by atoms with Crippen molar-refractivity contribution < 1.29 is 8.78 Å². The second-order valence-corrected chi connectivity index (χ2v) is 5.58. The van der Waals surface area contributed by atoms with Gasteiger partial charge in [-0.1, -0.05) is 33.6 Å². The Hall–Kier alpha value is -0.970. The minimum absolute atomic E-state index is 0.316. The average Bonchev–Trinajstić information content (AvgIpc) is 2.26. The van der Waals surface area contributed by atoms with E-state index in [2.05, 4.69) is 15.9 Å². The van der Waals surface area contributed by atoms with Crippen molar-refractivity contribution in [3.8, 4) is 0 Å². The van der Waals surface area contributed by atoms with Gasteiger partial charge in [0.15, 0.2) is 0 Å². The van der Waals surface area contributed by atoms with Crippen LogP contribution in [0.4, 0.5) is 8.78 Å². The van der Waals surface area contributed by atoms with Crippen molar-refractivity contribution >= 4 is 27.5 Å². The third kappa shape index (κ3) is 3.75. The number of hydrogen-bond acceptors (Lipinski definition) is 1. The maximum absolute atomic E-state index is 13.1. The van der Waals surface area contributed by atoms with Crippen LogP contribution in [-0.2, 0) is 6.42 Å². The summed E-state index contributed by atoms with van der Waals surface area (Å²) in [5.41, 5.74) is 7.28. The lowest BCUT2D eigenvalue weighted by atomic mass is 9.99. The number of rotatable bonds is 3. The van der Waals surface area contributed by atoms with E-state index in [-0.39, 0.29) is 0 Å². The molecule has 1 unspecified atom stereocenters. The monoisotopic (exact) mass is 345 g/mol. The summed E-state index contributed by atoms with van der Waals surface area (Å²) < 4.78 is 27.1. The Morgan fingerprint density at radius 3 is 2.32 bits per heavy atom. The lowest BCUT2D eigenvalue weighted by Gasteiger charge is -2.14. The van der Waals surface area contributed by atoms with Crippen LogP contribution in [-0.4, -0.2) is 0 Å². The molecule has 0 saturated carbocycles. The van der Waals surface area contributed by atoms with Crippen molar-refractivity contribution in [2.24, 2.45) is 5.73 Å². The first kappa shape index (κ1) is 14.4. The summed E-state index contributed by atoms with van der Waals surface area (Å²) in [5, 5.41) is 0.527. The lowest BCUT2D eigenvalue weighted by Crippen LogP contribution is -2.14. The molecule has 2 aromatic carbocycles. The van der Waals surface area contributed by atoms with E-state index in [1.54, 1.807) is 12.1 Å². The van der Waals surface area contributed by atoms with Crippen LogP contribution in [0, 0.1) is 11.6 Å². The second-order valence-electron chi connectivity index (χ2n) is 4.25. The molecular formula is C14H11BrClF2N. The van der Waals surface area contributed by atoms with E-state index >= 15 is 0 Å². The molecule has 0 radical (unpaired) electrons. The molecule has 0 aliphatic heterocycles. The van der Waals surface area contributed by atoms with Crippen LogP contribution in [0.5, 0.6) is 0 Å². The molecule has 2 rings (SSSR count). The molecule has 1 atom stereocenters. The van der Waals surface area contributed by atoms with Gasteiger partial charge in [-0.3, -0.25) is 0 Å². The van der Waals surface area contributed by atoms with Crippen molar-refractivity contribution in [2.45, 2.75) is 12.5 Å². The number of benzene rings is 2. The zero-order valence-electron chi connectivity index (χ0n) is 9.84. The molecule has 0 fully saturated rings. The molecule has 0 amide bonds. The van der Waals surface area contributed by atoms with Gasteiger partial charge in [0.05, 0.1) is 0 Å². The minimum atomic E-state index is -0.607. The normalized spacial score (nSPS) is 12.5. The van der Waals surface area contributed by atoms with E-state index in [0.29, 0.717) is 17.0 Å². The van der Waals surface area contributed by atoms with Gasteiger partial charge in [0.2, 0.25) is 0 Å². The van der Waals surface area contributed by atoms with E-state index in [1.165, 1.54) is 12.1 Å². The predicted octanol–water partition coefficient (Wildman–Crippen LogP) is 4.62. The SMILES string of the molecule is NC(Cc1cc(F)cc(F)c1)c1ccc(Br)cc1Cl. The van der Waals surface area contributed by atoms with Gasteiger partial charge in [-0.15, -0.1) is 0 Å². The minimum Gasteiger partial charge on any atom is -0.324 e. The summed E-state index contributed by atoms with van der Waals surface area (Å²) in [6.45, 7) is 0. The third-order valence-corrected chi connectivity index (χ3v) is 3.56. The summed E-state index contributed by atoms with van der Waals surface area (Å²) in [4.78, 5) is 0. The van der Waals surface area contributed by atoms with Crippen LogP contribution in [0.2, 0.25) is 5.02 Å². The summed E-state index contributed by atoms with van der Waals surface area (Å²) >= 11 is 9.40. The van der Waals surface area contributed by atoms with Crippen molar-refractivity contribution in [2.75, 3.05) is 0 Å². The second kappa shape index (κ2) is 5.99. The van der Waals surface area contributed by atoms with Crippen molar-refractivity contribution in [1.29, 1.82) is 0 Å². The van der Waals surface area contributed by atoms with Gasteiger partial charge in [-0.2, -0.15) is 0 Å². The van der Waals surface area contributed by atoms with Gasteiger partial charge in [-0.25, -0.2) is 8.78 Å². The first-order chi connectivity index (χ1) is 8.95. The van der Waals surface area contributed by atoms with E-state index in [0.717, 1.165) is 16.1 Å². The van der Waals surface area contributed by atoms with E-state index in [1.807, 2.05) is 6.07 Å². The quantitative estimate of drug-likeness (QED) is 0.862. The smallest absolute Gasteiger partial charge is 0.126 e. The molecule has 100 valence electrons. The highest BCUT2D eigenvalue weighted by Gasteiger charge is 2.12. The molecule has 0 spiro atoms. The molecule has 2 N–H and O–H groups in total. The van der Waals surface area contributed by atoms with Gasteiger partial charge < -0.3 is 5.73 Å². The molecule has 2 aromatic rings. The fraction of sp³-hybridized carbons (Fsp3) is 0.143. The Labute approximate surface area is 123 Å². The summed E-state index contributed by atoms with van der Waals surface area (Å²) in [5.74, 6) is -1.21. The van der Waals surface area contributed by atoms with Crippen LogP contribution in [0.25, 0.3) is 0 Å². The Balaban J connectivity index is 2.22. The van der Waals surface area contributed by atoms with Gasteiger partial charge in [0.1, 0.15) is 11.6 Å². The number of nitrogens with two attached hydrogens (primary N) is 1. The van der Waals surface area contributed by atoms with Crippen LogP contribution in [0.1, 0.15) is 17.2 Å². The molecule has 0 aliphatic carbocycles. The highest BCUT2D eigenvalue weighted by atomic mass is 79.9. The lowest BCUT2D eigenvalue weighted by molar-refractivity contribution is 0.576. The van der Waals surface area contributed by atoms with Crippen molar-refractivity contribution in [3.63, 3.8) is 0 Å². The molecular weight excluding hydrogens is 336 g/mol. The first-order valence-electron chi connectivity index (χ1n) is 5.61. The van der Waals surface area contributed by atoms with Crippen molar-refractivity contribution in [3.05, 3.63) is 68.7 Å². The standard InChI is InChI=1S/C14H11BrClF2N/c15-9-1-2-12(13(16)6-9)14(19)5-8-3-10(17)7-11(18)4-8/h1-4,6-7,14H,5,19H2. The Morgan fingerprint density at radius 1 is 1.11 bits per heavy atom. The van der Waals surface area contributed by atoms with Crippen LogP contribution in [0.3, 0.4) is 0 Å². The zero-order valence-corrected chi connectivity index (χ0v) is 12.2. The highest BCUT2D eigenvalue weighted by molar-refractivity contribution is 9.10. The summed E-state index contributed by atoms with van der Waals surface area (Å²) in [6.07, 6.45) is 0.316. The highest BCUT2D eigenvalue weighted by Crippen LogP contribution is 2.27. The van der Waals surface area contributed by atoms with E-state index in [4.69, 9.17) is 17.3 Å². The number of halogens is 4. The molecule has 0 bridgehead atoms. The number of hydrogen-bond donors (Lipinski definition) is 1. The summed E-state index contributed by atoms with van der Waals surface area (Å²) in [6, 6.07) is 8.33. The Morgan fingerprint density at radius 2 is 1.74 bits per heavy atom. The van der Waals surface area contributed by atoms with Crippen LogP contribution >= 0.6 is 27.5 Å². The first-order valence-corrected chi connectivity index (χ1v) is 6.78. The van der Waals surface area contributed by atoms with Crippen molar-refractivity contribution in [1.82, 2.24) is 0 Å². The van der Waals surface area contributed by atoms with Gasteiger partial charge in [-0.05, 0) is 41.8 Å². The average molecular weight is 347 g/mol. The van der Waals surface area contributed by atoms with Gasteiger partial charge >= 0.3 is 0 Å². The third-order valence-electron chi connectivity index (χ3n) is 2.74. The maximum Gasteiger partial charge on any atom is 0.126 e. The van der Waals surface area contributed by atoms with Crippen LogP contribution in [0.15, 0.2) is 40.9 Å². The molecule has 1 nitrogen and oxygen atoms in total. The Bertz CT molecular complexity index is 584. The van der Waals surface area contributed by atoms with E-state index in [9.17, 15) is 8.78 Å². The zero-order chi connectivity index (χ0) is 14.0. The maximum atomic E-state index is 13.1. The molecule has 5 heteroatoms.